The molecule has 1 heterocycles. The first-order valence-electron chi connectivity index (χ1n) is 9.02. The Bertz CT molecular complexity index is 606. The summed E-state index contributed by atoms with van der Waals surface area (Å²) in [5.74, 6) is 0.180. The topological polar surface area (TPSA) is 50.4 Å². The second kappa shape index (κ2) is 11.0. The van der Waals surface area contributed by atoms with Gasteiger partial charge in [-0.05, 0) is 24.0 Å². The molecule has 2 N–H and O–H groups in total. The second-order valence-electron chi connectivity index (χ2n) is 6.44. The van der Waals surface area contributed by atoms with E-state index in [0.29, 0.717) is 13.1 Å². The summed E-state index contributed by atoms with van der Waals surface area (Å²) in [5.41, 5.74) is 2.42. The fraction of sp³-hybridized carbons (Fsp3) is 0.381. The van der Waals surface area contributed by atoms with E-state index in [9.17, 15) is 4.79 Å². The van der Waals surface area contributed by atoms with Crippen molar-refractivity contribution in [3.8, 4) is 0 Å². The van der Waals surface area contributed by atoms with Gasteiger partial charge in [0.2, 0.25) is 5.91 Å². The molecule has 1 fully saturated rings. The summed E-state index contributed by atoms with van der Waals surface area (Å²) in [6.07, 6.45) is 2.46. The first-order chi connectivity index (χ1) is 12.3. The van der Waals surface area contributed by atoms with Gasteiger partial charge in [-0.2, -0.15) is 0 Å². The Balaban J connectivity index is 0.00000243. The smallest absolute Gasteiger partial charge is 0.233 e. The molecule has 1 atom stereocenters. The summed E-state index contributed by atoms with van der Waals surface area (Å²) < 4.78 is 5.55. The Morgan fingerprint density at radius 2 is 1.65 bits per heavy atom. The van der Waals surface area contributed by atoms with Gasteiger partial charge in [0.05, 0.1) is 12.6 Å². The first-order valence-corrected chi connectivity index (χ1v) is 9.02. The number of rotatable bonds is 8. The molecule has 1 saturated heterocycles. The highest BCUT2D eigenvalue weighted by Gasteiger charge is 2.17. The SMILES string of the molecule is Cl.O=C(CNCC1CCCO1)NCC(c1ccccc1)c1ccccc1. The molecule has 1 aliphatic rings. The van der Waals surface area contributed by atoms with Gasteiger partial charge in [0.1, 0.15) is 0 Å². The van der Waals surface area contributed by atoms with Crippen molar-refractivity contribution in [1.29, 1.82) is 0 Å². The number of benzene rings is 2. The van der Waals surface area contributed by atoms with E-state index in [1.807, 2.05) is 36.4 Å². The molecule has 0 saturated carbocycles. The molecule has 26 heavy (non-hydrogen) atoms. The molecule has 1 aliphatic heterocycles. The van der Waals surface area contributed by atoms with Gasteiger partial charge in [-0.15, -0.1) is 12.4 Å². The fourth-order valence-electron chi connectivity index (χ4n) is 3.23. The van der Waals surface area contributed by atoms with Crippen molar-refractivity contribution in [2.75, 3.05) is 26.2 Å². The van der Waals surface area contributed by atoms with Crippen LogP contribution in [-0.4, -0.2) is 38.3 Å². The van der Waals surface area contributed by atoms with Crippen molar-refractivity contribution in [2.24, 2.45) is 0 Å². The summed E-state index contributed by atoms with van der Waals surface area (Å²) in [7, 11) is 0. The van der Waals surface area contributed by atoms with Gasteiger partial charge in [0.25, 0.3) is 0 Å². The molecule has 4 nitrogen and oxygen atoms in total. The van der Waals surface area contributed by atoms with Crippen LogP contribution in [0.2, 0.25) is 0 Å². The van der Waals surface area contributed by atoms with Gasteiger partial charge in [-0.1, -0.05) is 60.7 Å². The van der Waals surface area contributed by atoms with E-state index >= 15 is 0 Å². The Morgan fingerprint density at radius 3 is 2.19 bits per heavy atom. The normalized spacial score (nSPS) is 16.3. The summed E-state index contributed by atoms with van der Waals surface area (Å²) in [6, 6.07) is 20.6. The van der Waals surface area contributed by atoms with E-state index < -0.39 is 0 Å². The third kappa shape index (κ3) is 6.13. The molecule has 2 aromatic rings. The molecule has 0 spiro atoms. The molecule has 140 valence electrons. The predicted molar refractivity (Wildman–Crippen MR) is 107 cm³/mol. The van der Waals surface area contributed by atoms with Crippen molar-refractivity contribution < 1.29 is 9.53 Å². The van der Waals surface area contributed by atoms with Gasteiger partial charge in [0.15, 0.2) is 0 Å². The Kier molecular flexibility index (Phi) is 8.62. The number of hydrogen-bond donors (Lipinski definition) is 2. The lowest BCUT2D eigenvalue weighted by molar-refractivity contribution is -0.120. The van der Waals surface area contributed by atoms with Gasteiger partial charge >= 0.3 is 0 Å². The zero-order valence-corrected chi connectivity index (χ0v) is 15.7. The minimum atomic E-state index is 0. The number of ether oxygens (including phenoxy) is 1. The Hall–Kier alpha value is -1.88. The fourth-order valence-corrected chi connectivity index (χ4v) is 3.23. The highest BCUT2D eigenvalue weighted by molar-refractivity contribution is 5.85. The van der Waals surface area contributed by atoms with Gasteiger partial charge < -0.3 is 15.4 Å². The molecule has 1 unspecified atom stereocenters. The quantitative estimate of drug-likeness (QED) is 0.746. The average Bonchev–Trinajstić information content (AvgIpc) is 3.17. The minimum Gasteiger partial charge on any atom is -0.377 e. The second-order valence-corrected chi connectivity index (χ2v) is 6.44. The van der Waals surface area contributed by atoms with Crippen LogP contribution in [0, 0.1) is 0 Å². The molecule has 0 bridgehead atoms. The molecule has 0 aromatic heterocycles. The monoisotopic (exact) mass is 374 g/mol. The third-order valence-corrected chi connectivity index (χ3v) is 4.59. The van der Waals surface area contributed by atoms with Crippen LogP contribution < -0.4 is 10.6 Å². The summed E-state index contributed by atoms with van der Waals surface area (Å²) in [6.45, 7) is 2.51. The van der Waals surface area contributed by atoms with E-state index in [2.05, 4.69) is 34.9 Å². The molecule has 5 heteroatoms. The van der Waals surface area contributed by atoms with Gasteiger partial charge in [-0.3, -0.25) is 4.79 Å². The van der Waals surface area contributed by atoms with Crippen molar-refractivity contribution in [3.05, 3.63) is 71.8 Å². The highest BCUT2D eigenvalue weighted by Crippen LogP contribution is 2.23. The van der Waals surface area contributed by atoms with Crippen molar-refractivity contribution in [2.45, 2.75) is 24.9 Å². The standard InChI is InChI=1S/C21H26N2O2.ClH/c24-21(16-22-14-19-12-7-13-25-19)23-15-20(17-8-3-1-4-9-17)18-10-5-2-6-11-18;/h1-6,8-11,19-20,22H,7,12-16H2,(H,23,24);1H. The molecular formula is C21H27ClN2O2. The molecule has 1 amide bonds. The molecule has 0 aliphatic carbocycles. The van der Waals surface area contributed by atoms with Crippen LogP contribution in [0.5, 0.6) is 0 Å². The largest absolute Gasteiger partial charge is 0.377 e. The van der Waals surface area contributed by atoms with Crippen LogP contribution in [0.3, 0.4) is 0 Å². The zero-order valence-electron chi connectivity index (χ0n) is 14.9. The number of nitrogens with one attached hydrogen (secondary N) is 2. The highest BCUT2D eigenvalue weighted by atomic mass is 35.5. The van der Waals surface area contributed by atoms with E-state index in [0.717, 1.165) is 26.0 Å². The maximum Gasteiger partial charge on any atom is 0.233 e. The molecule has 2 aromatic carbocycles. The number of carbonyl (C=O) groups is 1. The zero-order chi connectivity index (χ0) is 17.3. The van der Waals surface area contributed by atoms with Crippen LogP contribution in [0.4, 0.5) is 0 Å². The van der Waals surface area contributed by atoms with E-state index in [1.54, 1.807) is 0 Å². The van der Waals surface area contributed by atoms with Crippen LogP contribution >= 0.6 is 12.4 Å². The van der Waals surface area contributed by atoms with Crippen LogP contribution in [-0.2, 0) is 9.53 Å². The average molecular weight is 375 g/mol. The lowest BCUT2D eigenvalue weighted by Gasteiger charge is -2.19. The Morgan fingerprint density at radius 1 is 1.04 bits per heavy atom. The van der Waals surface area contributed by atoms with Crippen molar-refractivity contribution in [1.82, 2.24) is 10.6 Å². The molecule has 3 rings (SSSR count). The van der Waals surface area contributed by atoms with E-state index in [1.165, 1.54) is 11.1 Å². The first kappa shape index (κ1) is 20.4. The summed E-state index contributed by atoms with van der Waals surface area (Å²) in [4.78, 5) is 12.2. The minimum absolute atomic E-state index is 0. The van der Waals surface area contributed by atoms with E-state index in [4.69, 9.17) is 4.74 Å². The third-order valence-electron chi connectivity index (χ3n) is 4.59. The number of halogens is 1. The lowest BCUT2D eigenvalue weighted by Crippen LogP contribution is -2.38. The number of carbonyl (C=O) groups excluding carboxylic acids is 1. The van der Waals surface area contributed by atoms with Gasteiger partial charge in [-0.25, -0.2) is 0 Å². The molecule has 0 radical (unpaired) electrons. The van der Waals surface area contributed by atoms with Crippen molar-refractivity contribution in [3.63, 3.8) is 0 Å². The number of amides is 1. The Labute approximate surface area is 161 Å². The lowest BCUT2D eigenvalue weighted by atomic mass is 9.91. The van der Waals surface area contributed by atoms with Crippen LogP contribution in [0.1, 0.15) is 29.9 Å². The van der Waals surface area contributed by atoms with Crippen LogP contribution in [0.25, 0.3) is 0 Å². The predicted octanol–water partition coefficient (Wildman–Crippen LogP) is 3.13. The summed E-state index contributed by atoms with van der Waals surface area (Å²) in [5, 5.41) is 6.26. The maximum absolute atomic E-state index is 12.2. The molecular weight excluding hydrogens is 348 g/mol. The van der Waals surface area contributed by atoms with E-state index in [-0.39, 0.29) is 30.3 Å². The number of hydrogen-bond acceptors (Lipinski definition) is 3. The van der Waals surface area contributed by atoms with Crippen LogP contribution in [0.15, 0.2) is 60.7 Å². The van der Waals surface area contributed by atoms with Crippen molar-refractivity contribution >= 4 is 18.3 Å². The van der Waals surface area contributed by atoms with Gasteiger partial charge in [0, 0.05) is 25.6 Å². The maximum atomic E-state index is 12.2. The summed E-state index contributed by atoms with van der Waals surface area (Å²) >= 11 is 0.